The second kappa shape index (κ2) is 6.06. The van der Waals surface area contributed by atoms with Crippen LogP contribution in [0, 0.1) is 28.6 Å². The predicted octanol–water partition coefficient (Wildman–Crippen LogP) is 3.75. The zero-order valence-corrected chi connectivity index (χ0v) is 16.7. The molecule has 0 bridgehead atoms. The Kier molecular flexibility index (Phi) is 4.12. The van der Waals surface area contributed by atoms with Gasteiger partial charge < -0.3 is 10.2 Å². The molecule has 5 aliphatic rings. The van der Waals surface area contributed by atoms with E-state index in [1.165, 1.54) is 51.6 Å². The predicted molar refractivity (Wildman–Crippen MR) is 104 cm³/mol. The Balaban J connectivity index is 1.44. The van der Waals surface area contributed by atoms with Crippen molar-refractivity contribution in [3.05, 3.63) is 11.6 Å². The van der Waals surface area contributed by atoms with Crippen LogP contribution in [0.2, 0.25) is 0 Å². The topological polar surface area (TPSA) is 43.7 Å². The van der Waals surface area contributed by atoms with Gasteiger partial charge in [-0.3, -0.25) is 4.90 Å². The lowest BCUT2D eigenvalue weighted by molar-refractivity contribution is -0.0769. The first-order valence-electron chi connectivity index (χ1n) is 11.2. The average molecular weight is 360 g/mol. The summed E-state index contributed by atoms with van der Waals surface area (Å²) in [6.07, 6.45) is 12.7. The van der Waals surface area contributed by atoms with Gasteiger partial charge in [-0.25, -0.2) is 0 Å². The number of rotatable bonds is 1. The number of likely N-dealkylation sites (tertiary alicyclic amines) is 1. The quantitative estimate of drug-likeness (QED) is 0.701. The van der Waals surface area contributed by atoms with Crippen LogP contribution >= 0.6 is 0 Å². The van der Waals surface area contributed by atoms with Crippen molar-refractivity contribution >= 4 is 0 Å². The first-order chi connectivity index (χ1) is 12.4. The molecule has 0 aromatic heterocycles. The van der Waals surface area contributed by atoms with Gasteiger partial charge in [0, 0.05) is 6.04 Å². The molecular formula is C23H37NO2. The molecule has 0 unspecified atom stereocenters. The molecular weight excluding hydrogens is 322 g/mol. The van der Waals surface area contributed by atoms with Crippen LogP contribution in [0.5, 0.6) is 0 Å². The minimum absolute atomic E-state index is 0.115. The zero-order valence-electron chi connectivity index (χ0n) is 16.7. The molecule has 1 aliphatic heterocycles. The summed E-state index contributed by atoms with van der Waals surface area (Å²) in [4.78, 5) is 2.60. The summed E-state index contributed by atoms with van der Waals surface area (Å²) in [5, 5.41) is 21.5. The zero-order chi connectivity index (χ0) is 18.1. The van der Waals surface area contributed by atoms with Gasteiger partial charge >= 0.3 is 0 Å². The summed E-state index contributed by atoms with van der Waals surface area (Å²) in [6.45, 7) is 7.28. The third kappa shape index (κ3) is 2.36. The van der Waals surface area contributed by atoms with Gasteiger partial charge in [-0.15, -0.1) is 0 Å². The van der Waals surface area contributed by atoms with E-state index in [1.807, 2.05) is 0 Å². The molecule has 2 N–H and O–H groups in total. The van der Waals surface area contributed by atoms with E-state index >= 15 is 0 Å². The van der Waals surface area contributed by atoms with Crippen molar-refractivity contribution in [2.75, 3.05) is 13.1 Å². The first-order valence-corrected chi connectivity index (χ1v) is 11.2. The Labute approximate surface area is 158 Å². The normalized spacial score (nSPS) is 54.4. The van der Waals surface area contributed by atoms with Gasteiger partial charge in [-0.2, -0.15) is 0 Å². The van der Waals surface area contributed by atoms with Gasteiger partial charge in [0.25, 0.3) is 0 Å². The van der Waals surface area contributed by atoms with Gasteiger partial charge in [0.1, 0.15) is 0 Å². The van der Waals surface area contributed by atoms with Crippen LogP contribution in [0.1, 0.15) is 71.6 Å². The SMILES string of the molecule is C[C@]12CC[C@H]3[C@@H](CC=C4C[C@@H](O)CC[C@@]43C)[C@@H]1C[C@@H](N1CCCC1)[C@@H]2O. The fourth-order valence-corrected chi connectivity index (χ4v) is 8.05. The third-order valence-corrected chi connectivity index (χ3v) is 9.66. The van der Waals surface area contributed by atoms with E-state index in [1.54, 1.807) is 5.57 Å². The van der Waals surface area contributed by atoms with Crippen molar-refractivity contribution in [3.63, 3.8) is 0 Å². The molecule has 1 heterocycles. The highest BCUT2D eigenvalue weighted by Crippen LogP contribution is 2.65. The van der Waals surface area contributed by atoms with E-state index in [-0.39, 0.29) is 17.6 Å². The van der Waals surface area contributed by atoms with E-state index in [0.29, 0.717) is 17.4 Å². The molecule has 0 aromatic rings. The third-order valence-electron chi connectivity index (χ3n) is 9.66. The summed E-state index contributed by atoms with van der Waals surface area (Å²) in [5.74, 6) is 2.17. The lowest BCUT2D eigenvalue weighted by Crippen LogP contribution is -2.51. The molecule has 0 aromatic carbocycles. The largest absolute Gasteiger partial charge is 0.393 e. The van der Waals surface area contributed by atoms with Crippen LogP contribution < -0.4 is 0 Å². The molecule has 146 valence electrons. The number of nitrogens with zero attached hydrogens (tertiary/aromatic N) is 1. The lowest BCUT2D eigenvalue weighted by atomic mass is 9.48. The van der Waals surface area contributed by atoms with E-state index < -0.39 is 0 Å². The number of aliphatic hydroxyl groups is 2. The van der Waals surface area contributed by atoms with Crippen LogP contribution in [0.25, 0.3) is 0 Å². The minimum Gasteiger partial charge on any atom is -0.393 e. The number of hydrogen-bond acceptors (Lipinski definition) is 3. The maximum atomic E-state index is 11.3. The number of allylic oxidation sites excluding steroid dienone is 1. The van der Waals surface area contributed by atoms with Crippen LogP contribution in [0.15, 0.2) is 11.6 Å². The van der Waals surface area contributed by atoms with Crippen molar-refractivity contribution in [2.24, 2.45) is 28.6 Å². The van der Waals surface area contributed by atoms with Crippen LogP contribution in [-0.4, -0.2) is 46.5 Å². The summed E-state index contributed by atoms with van der Waals surface area (Å²) in [7, 11) is 0. The second-order valence-corrected chi connectivity index (χ2v) is 10.7. The second-order valence-electron chi connectivity index (χ2n) is 10.7. The van der Waals surface area contributed by atoms with Gasteiger partial charge in [0.15, 0.2) is 0 Å². The molecule has 0 amide bonds. The van der Waals surface area contributed by atoms with Gasteiger partial charge in [0.05, 0.1) is 12.2 Å². The molecule has 3 heteroatoms. The van der Waals surface area contributed by atoms with Crippen molar-refractivity contribution in [1.29, 1.82) is 0 Å². The molecule has 3 saturated carbocycles. The van der Waals surface area contributed by atoms with Crippen molar-refractivity contribution < 1.29 is 10.2 Å². The average Bonchev–Trinajstić information content (AvgIpc) is 3.23. The van der Waals surface area contributed by atoms with Gasteiger partial charge in [-0.05, 0) is 99.5 Å². The molecule has 26 heavy (non-hydrogen) atoms. The highest BCUT2D eigenvalue weighted by atomic mass is 16.3. The minimum atomic E-state index is -0.141. The Bertz CT molecular complexity index is 597. The Morgan fingerprint density at radius 2 is 1.81 bits per heavy atom. The fraction of sp³-hybridized carbons (Fsp3) is 0.913. The van der Waals surface area contributed by atoms with Crippen LogP contribution in [0.3, 0.4) is 0 Å². The molecule has 8 atom stereocenters. The number of hydrogen-bond donors (Lipinski definition) is 2. The Morgan fingerprint density at radius 1 is 1.04 bits per heavy atom. The van der Waals surface area contributed by atoms with Crippen molar-refractivity contribution in [3.8, 4) is 0 Å². The fourth-order valence-electron chi connectivity index (χ4n) is 8.05. The molecule has 3 nitrogen and oxygen atoms in total. The highest BCUT2D eigenvalue weighted by Gasteiger charge is 2.61. The molecule has 0 spiro atoms. The van der Waals surface area contributed by atoms with Crippen LogP contribution in [0.4, 0.5) is 0 Å². The van der Waals surface area contributed by atoms with Gasteiger partial charge in [-0.1, -0.05) is 25.5 Å². The first kappa shape index (κ1) is 17.7. The lowest BCUT2D eigenvalue weighted by Gasteiger charge is -2.57. The molecule has 1 saturated heterocycles. The van der Waals surface area contributed by atoms with E-state index in [2.05, 4.69) is 24.8 Å². The summed E-state index contributed by atoms with van der Waals surface area (Å²) < 4.78 is 0. The summed E-state index contributed by atoms with van der Waals surface area (Å²) in [6, 6.07) is 0.401. The van der Waals surface area contributed by atoms with E-state index in [0.717, 1.165) is 31.1 Å². The maximum absolute atomic E-state index is 11.3. The van der Waals surface area contributed by atoms with E-state index in [4.69, 9.17) is 0 Å². The molecule has 5 rings (SSSR count). The van der Waals surface area contributed by atoms with Crippen molar-refractivity contribution in [1.82, 2.24) is 4.90 Å². The van der Waals surface area contributed by atoms with E-state index in [9.17, 15) is 10.2 Å². The highest BCUT2D eigenvalue weighted by molar-refractivity contribution is 5.26. The molecule has 0 radical (unpaired) electrons. The standard InChI is InChI=1S/C23H37NO2/c1-22-9-7-16(25)13-15(22)5-6-17-18(22)8-10-23(2)19(17)14-20(21(23)26)24-11-3-4-12-24/h5,16-21,25-26H,3-4,6-14H2,1-2H3/t16-,17+,18-,19-,20+,21-,22-,23-/m0/s1. The van der Waals surface area contributed by atoms with Crippen LogP contribution in [-0.2, 0) is 0 Å². The van der Waals surface area contributed by atoms with Crippen molar-refractivity contribution in [2.45, 2.75) is 89.9 Å². The molecule has 4 aliphatic carbocycles. The number of aliphatic hydroxyl groups excluding tert-OH is 2. The molecule has 4 fully saturated rings. The number of fused-ring (bicyclic) bond motifs is 5. The Morgan fingerprint density at radius 3 is 2.58 bits per heavy atom. The monoisotopic (exact) mass is 359 g/mol. The smallest absolute Gasteiger partial charge is 0.0751 e. The Hall–Kier alpha value is -0.380. The maximum Gasteiger partial charge on any atom is 0.0751 e. The summed E-state index contributed by atoms with van der Waals surface area (Å²) >= 11 is 0. The van der Waals surface area contributed by atoms with Gasteiger partial charge in [0.2, 0.25) is 0 Å². The summed E-state index contributed by atoms with van der Waals surface area (Å²) in [5.41, 5.74) is 1.97.